The molecule has 5 rings (SSSR count). The fourth-order valence-electron chi connectivity index (χ4n) is 4.63. The molecule has 7 nitrogen and oxygen atoms in total. The maximum Gasteiger partial charge on any atom is 0.240 e. The van der Waals surface area contributed by atoms with Gasteiger partial charge in [0.15, 0.2) is 0 Å². The molecule has 4 aromatic rings. The Balaban J connectivity index is 1.65. The van der Waals surface area contributed by atoms with Crippen LogP contribution in [0.5, 0.6) is 0 Å². The fourth-order valence-corrected chi connectivity index (χ4v) is 6.18. The summed E-state index contributed by atoms with van der Waals surface area (Å²) >= 11 is 8.23. The lowest BCUT2D eigenvalue weighted by atomic mass is 9.99. The van der Waals surface area contributed by atoms with Gasteiger partial charge < -0.3 is 5.32 Å². The smallest absolute Gasteiger partial charge is 0.240 e. The highest BCUT2D eigenvalue weighted by atomic mass is 35.5. The third-order valence-electron chi connectivity index (χ3n) is 6.47. The van der Waals surface area contributed by atoms with E-state index >= 15 is 0 Å². The van der Waals surface area contributed by atoms with Gasteiger partial charge in [0.1, 0.15) is 12.4 Å². The molecule has 2 aromatic heterocycles. The molecule has 1 atom stereocenters. The van der Waals surface area contributed by atoms with Crippen molar-refractivity contribution in [3.63, 3.8) is 0 Å². The molecule has 0 bridgehead atoms. The third-order valence-corrected chi connectivity index (χ3v) is 8.05. The minimum absolute atomic E-state index is 0.127. The Kier molecular flexibility index (Phi) is 7.77. The second-order valence-electron chi connectivity index (χ2n) is 10.4. The second-order valence-corrected chi connectivity index (χ2v) is 11.9. The van der Waals surface area contributed by atoms with Crippen molar-refractivity contribution in [1.82, 2.24) is 20.1 Å². The van der Waals surface area contributed by atoms with Crippen LogP contribution in [0.2, 0.25) is 5.02 Å². The van der Waals surface area contributed by atoms with Crippen LogP contribution >= 0.6 is 23.4 Å². The zero-order valence-electron chi connectivity index (χ0n) is 22.1. The lowest BCUT2D eigenvalue weighted by Gasteiger charge is -2.28. The summed E-state index contributed by atoms with van der Waals surface area (Å²) in [5, 5.41) is 8.40. The Morgan fingerprint density at radius 2 is 1.82 bits per heavy atom. The predicted molar refractivity (Wildman–Crippen MR) is 157 cm³/mol. The van der Waals surface area contributed by atoms with E-state index in [1.54, 1.807) is 17.3 Å². The average molecular weight is 560 g/mol. The van der Waals surface area contributed by atoms with Crippen LogP contribution in [-0.2, 0) is 21.7 Å². The molecule has 39 heavy (non-hydrogen) atoms. The molecular weight excluding hydrogens is 530 g/mol. The van der Waals surface area contributed by atoms with Crippen LogP contribution in [0.25, 0.3) is 11.3 Å². The van der Waals surface area contributed by atoms with E-state index in [9.17, 15) is 9.59 Å². The van der Waals surface area contributed by atoms with Crippen LogP contribution in [0.1, 0.15) is 42.7 Å². The van der Waals surface area contributed by atoms with E-state index in [1.165, 1.54) is 11.8 Å². The summed E-state index contributed by atoms with van der Waals surface area (Å²) in [6, 6.07) is 21.4. The first-order chi connectivity index (χ1) is 18.7. The zero-order valence-corrected chi connectivity index (χ0v) is 23.7. The molecule has 2 aromatic carbocycles. The third kappa shape index (κ3) is 5.72. The fraction of sp³-hybridized carbons (Fsp3) is 0.267. The number of benzene rings is 2. The average Bonchev–Trinajstić information content (AvgIpc) is 3.27. The summed E-state index contributed by atoms with van der Waals surface area (Å²) in [4.78, 5) is 32.6. The largest absolute Gasteiger partial charge is 0.350 e. The van der Waals surface area contributed by atoms with Gasteiger partial charge >= 0.3 is 0 Å². The van der Waals surface area contributed by atoms with Crippen molar-refractivity contribution in [3.05, 3.63) is 101 Å². The van der Waals surface area contributed by atoms with Gasteiger partial charge in [-0.15, -0.1) is 11.8 Å². The van der Waals surface area contributed by atoms with Crippen LogP contribution in [0.3, 0.4) is 0 Å². The number of nitrogens with zero attached hydrogens (tertiary/aromatic N) is 4. The van der Waals surface area contributed by atoms with Gasteiger partial charge in [-0.2, -0.15) is 5.10 Å². The molecule has 0 fully saturated rings. The number of anilines is 1. The minimum Gasteiger partial charge on any atom is -0.350 e. The van der Waals surface area contributed by atoms with Gasteiger partial charge in [-0.1, -0.05) is 66.2 Å². The van der Waals surface area contributed by atoms with Crippen molar-refractivity contribution in [2.24, 2.45) is 0 Å². The van der Waals surface area contributed by atoms with Crippen molar-refractivity contribution in [3.8, 4) is 11.3 Å². The number of carbonyl (C=O) groups excluding carboxylic acids is 2. The van der Waals surface area contributed by atoms with Crippen LogP contribution in [0, 0.1) is 0 Å². The van der Waals surface area contributed by atoms with Gasteiger partial charge in [0.2, 0.25) is 11.8 Å². The number of pyridine rings is 1. The summed E-state index contributed by atoms with van der Waals surface area (Å²) in [5.74, 6) is 0.399. The lowest BCUT2D eigenvalue weighted by Crippen LogP contribution is -2.43. The van der Waals surface area contributed by atoms with E-state index in [2.05, 4.69) is 10.3 Å². The molecule has 0 aliphatic carbocycles. The van der Waals surface area contributed by atoms with Crippen molar-refractivity contribution < 1.29 is 9.59 Å². The summed E-state index contributed by atoms with van der Waals surface area (Å²) in [5.41, 5.74) is 3.90. The molecule has 0 saturated carbocycles. The highest BCUT2D eigenvalue weighted by Crippen LogP contribution is 2.50. The first-order valence-corrected chi connectivity index (χ1v) is 14.2. The molecule has 1 unspecified atom stereocenters. The normalized spacial score (nSPS) is 15.5. The topological polar surface area (TPSA) is 80.1 Å². The summed E-state index contributed by atoms with van der Waals surface area (Å²) < 4.78 is 1.88. The number of hydrogen-bond donors (Lipinski definition) is 1. The van der Waals surface area contributed by atoms with Gasteiger partial charge in [0.25, 0.3) is 0 Å². The number of amides is 2. The second kappa shape index (κ2) is 11.2. The predicted octanol–water partition coefficient (Wildman–Crippen LogP) is 5.84. The Hall–Kier alpha value is -3.62. The Morgan fingerprint density at radius 3 is 2.51 bits per heavy atom. The van der Waals surface area contributed by atoms with Gasteiger partial charge in [-0.05, 0) is 44.0 Å². The number of rotatable bonds is 6. The lowest BCUT2D eigenvalue weighted by molar-refractivity contribution is -0.123. The maximum atomic E-state index is 13.7. The summed E-state index contributed by atoms with van der Waals surface area (Å²) in [6.07, 6.45) is 3.40. The van der Waals surface area contributed by atoms with Gasteiger partial charge in [0.05, 0.1) is 22.2 Å². The van der Waals surface area contributed by atoms with E-state index in [0.29, 0.717) is 17.4 Å². The highest BCUT2D eigenvalue weighted by molar-refractivity contribution is 8.00. The molecule has 2 amide bonds. The molecule has 3 heterocycles. The Bertz CT molecular complexity index is 1480. The first-order valence-electron chi connectivity index (χ1n) is 12.7. The van der Waals surface area contributed by atoms with Crippen molar-refractivity contribution >= 4 is 41.0 Å². The standard InChI is InChI=1S/C30H30ClN5O2S/c1-30(2,3)36-29-26(27(34-36)21-11-5-4-6-12-21)28(22-13-7-8-14-23(22)31)39-19-25(38)35(29)18-24(37)33-17-20-10-9-15-32-16-20/h4-16,28H,17-19H2,1-3H3,(H,33,37). The maximum absolute atomic E-state index is 13.7. The zero-order chi connectivity index (χ0) is 27.6. The number of thioether (sulfide) groups is 1. The Labute approximate surface area is 237 Å². The van der Waals surface area contributed by atoms with Crippen LogP contribution in [0.15, 0.2) is 79.1 Å². The summed E-state index contributed by atoms with van der Waals surface area (Å²) in [6.45, 7) is 6.33. The molecule has 9 heteroatoms. The number of fused-ring (bicyclic) bond motifs is 1. The van der Waals surface area contributed by atoms with Gasteiger partial charge in [0, 0.05) is 35.1 Å². The number of carbonyl (C=O) groups is 2. The molecule has 1 aliphatic rings. The first kappa shape index (κ1) is 27.0. The molecule has 1 aliphatic heterocycles. The number of hydrogen-bond acceptors (Lipinski definition) is 5. The van der Waals surface area contributed by atoms with Gasteiger partial charge in [-0.3, -0.25) is 19.5 Å². The molecule has 200 valence electrons. The quantitative estimate of drug-likeness (QED) is 0.321. The molecule has 1 N–H and O–H groups in total. The van der Waals surface area contributed by atoms with E-state index in [-0.39, 0.29) is 29.4 Å². The van der Waals surface area contributed by atoms with E-state index in [1.807, 2.05) is 92.2 Å². The highest BCUT2D eigenvalue weighted by Gasteiger charge is 2.39. The van der Waals surface area contributed by atoms with Crippen molar-refractivity contribution in [2.45, 2.75) is 38.1 Å². The van der Waals surface area contributed by atoms with E-state index in [4.69, 9.17) is 16.7 Å². The monoisotopic (exact) mass is 559 g/mol. The van der Waals surface area contributed by atoms with Crippen molar-refractivity contribution in [1.29, 1.82) is 0 Å². The SMILES string of the molecule is CC(C)(C)n1nc(-c2ccccc2)c2c1N(CC(=O)NCc1cccnc1)C(=O)CSC2c1ccccc1Cl. The molecular formula is C30H30ClN5O2S. The van der Waals surface area contributed by atoms with Crippen molar-refractivity contribution in [2.75, 3.05) is 17.2 Å². The van der Waals surface area contributed by atoms with Crippen LogP contribution in [-0.4, -0.2) is 38.9 Å². The van der Waals surface area contributed by atoms with Crippen LogP contribution < -0.4 is 10.2 Å². The molecule has 0 saturated heterocycles. The molecule has 0 radical (unpaired) electrons. The number of halogens is 1. The van der Waals surface area contributed by atoms with E-state index in [0.717, 1.165) is 27.9 Å². The summed E-state index contributed by atoms with van der Waals surface area (Å²) in [7, 11) is 0. The van der Waals surface area contributed by atoms with E-state index < -0.39 is 5.54 Å². The Morgan fingerprint density at radius 1 is 1.08 bits per heavy atom. The minimum atomic E-state index is -0.470. The van der Waals surface area contributed by atoms with Crippen LogP contribution in [0.4, 0.5) is 5.82 Å². The number of aromatic nitrogens is 3. The molecule has 0 spiro atoms. The van der Waals surface area contributed by atoms with Gasteiger partial charge in [-0.25, -0.2) is 4.68 Å². The number of nitrogens with one attached hydrogen (secondary N) is 1.